The van der Waals surface area contributed by atoms with Crippen LogP contribution in [0.15, 0.2) is 34.8 Å². The van der Waals surface area contributed by atoms with Crippen molar-refractivity contribution in [3.8, 4) is 10.4 Å². The van der Waals surface area contributed by atoms with Gasteiger partial charge < -0.3 is 20.3 Å². The van der Waals surface area contributed by atoms with Crippen LogP contribution in [-0.2, 0) is 20.9 Å². The summed E-state index contributed by atoms with van der Waals surface area (Å²) in [7, 11) is 0. The number of thiazole rings is 1. The Kier molecular flexibility index (Phi) is 8.07. The van der Waals surface area contributed by atoms with Crippen LogP contribution in [-0.4, -0.2) is 71.8 Å². The van der Waals surface area contributed by atoms with Gasteiger partial charge in [-0.05, 0) is 44.7 Å². The molecular weight excluding hydrogens is 450 g/mol. The number of ether oxygens (including phenoxy) is 1. The SMILES string of the molecule is CC(=NC(C)C(=O)N1CCCC1C(=O)NCc1ccc(-c2scnc2C)cc1)C1COCCN1. The van der Waals surface area contributed by atoms with Crippen LogP contribution in [0.5, 0.6) is 0 Å². The molecule has 0 radical (unpaired) electrons. The van der Waals surface area contributed by atoms with Gasteiger partial charge in [0.15, 0.2) is 0 Å². The first-order valence-electron chi connectivity index (χ1n) is 11.9. The van der Waals surface area contributed by atoms with Crippen molar-refractivity contribution < 1.29 is 14.3 Å². The minimum absolute atomic E-state index is 0.0352. The average Bonchev–Trinajstić information content (AvgIpc) is 3.52. The van der Waals surface area contributed by atoms with Gasteiger partial charge >= 0.3 is 0 Å². The van der Waals surface area contributed by atoms with E-state index in [2.05, 4.69) is 32.7 Å². The monoisotopic (exact) mass is 483 g/mol. The molecule has 2 saturated heterocycles. The van der Waals surface area contributed by atoms with Gasteiger partial charge in [0.25, 0.3) is 0 Å². The fourth-order valence-corrected chi connectivity index (χ4v) is 5.30. The number of carbonyl (C=O) groups excluding carboxylic acids is 2. The molecule has 8 nitrogen and oxygen atoms in total. The smallest absolute Gasteiger partial charge is 0.247 e. The Balaban J connectivity index is 1.32. The van der Waals surface area contributed by atoms with Gasteiger partial charge in [-0.15, -0.1) is 11.3 Å². The molecular formula is C25H33N5O3S. The van der Waals surface area contributed by atoms with E-state index in [1.165, 1.54) is 0 Å². The normalized spacial score (nSPS) is 22.0. The number of nitrogens with one attached hydrogen (secondary N) is 2. The Labute approximate surface area is 204 Å². The highest BCUT2D eigenvalue weighted by Gasteiger charge is 2.36. The Hall–Kier alpha value is -2.62. The van der Waals surface area contributed by atoms with E-state index in [-0.39, 0.29) is 17.9 Å². The van der Waals surface area contributed by atoms with Crippen molar-refractivity contribution in [2.45, 2.75) is 58.3 Å². The van der Waals surface area contributed by atoms with E-state index in [4.69, 9.17) is 4.74 Å². The number of nitrogens with zero attached hydrogens (tertiary/aromatic N) is 3. The first kappa shape index (κ1) is 24.5. The number of aryl methyl sites for hydroxylation is 1. The molecule has 2 aromatic rings. The largest absolute Gasteiger partial charge is 0.378 e. The van der Waals surface area contributed by atoms with E-state index >= 15 is 0 Å². The van der Waals surface area contributed by atoms with Gasteiger partial charge in [0.05, 0.1) is 35.3 Å². The number of likely N-dealkylation sites (tertiary alicyclic amines) is 1. The molecule has 0 bridgehead atoms. The van der Waals surface area contributed by atoms with E-state index in [0.29, 0.717) is 32.7 Å². The van der Waals surface area contributed by atoms with E-state index in [1.54, 1.807) is 23.2 Å². The molecule has 3 unspecified atom stereocenters. The third-order valence-electron chi connectivity index (χ3n) is 6.45. The number of aliphatic imine (C=N–C) groups is 1. The van der Waals surface area contributed by atoms with E-state index in [0.717, 1.165) is 40.4 Å². The van der Waals surface area contributed by atoms with Crippen LogP contribution in [0.3, 0.4) is 0 Å². The number of hydrogen-bond acceptors (Lipinski definition) is 7. The van der Waals surface area contributed by atoms with Gasteiger partial charge in [-0.25, -0.2) is 4.98 Å². The third-order valence-corrected chi connectivity index (χ3v) is 7.43. The summed E-state index contributed by atoms with van der Waals surface area (Å²) in [6.45, 7) is 8.78. The van der Waals surface area contributed by atoms with E-state index < -0.39 is 12.1 Å². The van der Waals surface area contributed by atoms with Gasteiger partial charge in [-0.3, -0.25) is 14.6 Å². The first-order valence-corrected chi connectivity index (χ1v) is 12.7. The molecule has 0 aliphatic carbocycles. The van der Waals surface area contributed by atoms with Crippen molar-refractivity contribution in [2.24, 2.45) is 4.99 Å². The van der Waals surface area contributed by atoms with Crippen LogP contribution in [0.2, 0.25) is 0 Å². The standard InChI is InChI=1S/C25H33N5O3S/c1-16(21-14-33-12-10-26-21)29-18(3)25(32)30-11-4-5-22(30)24(31)27-13-19-6-8-20(9-7-19)23-17(2)28-15-34-23/h6-9,15,18,21-22,26H,4-5,10-14H2,1-3H3,(H,27,31). The maximum absolute atomic E-state index is 13.1. The summed E-state index contributed by atoms with van der Waals surface area (Å²) in [4.78, 5) is 37.8. The zero-order valence-electron chi connectivity index (χ0n) is 20.0. The molecule has 3 heterocycles. The molecule has 182 valence electrons. The summed E-state index contributed by atoms with van der Waals surface area (Å²) < 4.78 is 5.49. The highest BCUT2D eigenvalue weighted by molar-refractivity contribution is 7.13. The second kappa shape index (κ2) is 11.2. The second-order valence-electron chi connectivity index (χ2n) is 8.90. The van der Waals surface area contributed by atoms with Gasteiger partial charge in [-0.2, -0.15) is 0 Å². The quantitative estimate of drug-likeness (QED) is 0.590. The zero-order valence-corrected chi connectivity index (χ0v) is 20.9. The minimum atomic E-state index is -0.528. The number of carbonyl (C=O) groups is 2. The summed E-state index contributed by atoms with van der Waals surface area (Å²) in [6, 6.07) is 7.22. The maximum Gasteiger partial charge on any atom is 0.247 e. The van der Waals surface area contributed by atoms with E-state index in [1.807, 2.05) is 31.5 Å². The van der Waals surface area contributed by atoms with Gasteiger partial charge in [0, 0.05) is 25.3 Å². The summed E-state index contributed by atoms with van der Waals surface area (Å²) in [5.74, 6) is -0.207. The number of hydrogen-bond donors (Lipinski definition) is 2. The minimum Gasteiger partial charge on any atom is -0.378 e. The molecule has 2 fully saturated rings. The van der Waals surface area contributed by atoms with E-state index in [9.17, 15) is 9.59 Å². The highest BCUT2D eigenvalue weighted by atomic mass is 32.1. The predicted molar refractivity (Wildman–Crippen MR) is 134 cm³/mol. The maximum atomic E-state index is 13.1. The van der Waals surface area contributed by atoms with Gasteiger partial charge in [0.1, 0.15) is 12.1 Å². The average molecular weight is 484 g/mol. The Bertz CT molecular complexity index is 1030. The topological polar surface area (TPSA) is 95.9 Å². The number of morpholine rings is 1. The molecule has 4 rings (SSSR count). The fraction of sp³-hybridized carbons (Fsp3) is 0.520. The first-order chi connectivity index (χ1) is 16.4. The summed E-state index contributed by atoms with van der Waals surface area (Å²) in [5, 5.41) is 6.38. The van der Waals surface area contributed by atoms with Crippen LogP contribution >= 0.6 is 11.3 Å². The van der Waals surface area contributed by atoms with Gasteiger partial charge in [-0.1, -0.05) is 24.3 Å². The Morgan fingerprint density at radius 2 is 2.15 bits per heavy atom. The summed E-state index contributed by atoms with van der Waals surface area (Å²) in [5.41, 5.74) is 5.88. The Morgan fingerprint density at radius 1 is 1.35 bits per heavy atom. The molecule has 3 atom stereocenters. The Morgan fingerprint density at radius 3 is 2.82 bits per heavy atom. The number of aromatic nitrogens is 1. The lowest BCUT2D eigenvalue weighted by Gasteiger charge is -2.27. The van der Waals surface area contributed by atoms with Crippen molar-refractivity contribution >= 4 is 28.9 Å². The van der Waals surface area contributed by atoms with Crippen LogP contribution in [0, 0.1) is 6.92 Å². The van der Waals surface area contributed by atoms with Crippen molar-refractivity contribution in [1.82, 2.24) is 20.5 Å². The fourth-order valence-electron chi connectivity index (χ4n) is 4.49. The summed E-state index contributed by atoms with van der Waals surface area (Å²) >= 11 is 1.62. The molecule has 9 heteroatoms. The number of rotatable bonds is 7. The predicted octanol–water partition coefficient (Wildman–Crippen LogP) is 2.56. The number of benzene rings is 1. The van der Waals surface area contributed by atoms with Crippen LogP contribution in [0.25, 0.3) is 10.4 Å². The molecule has 2 N–H and O–H groups in total. The molecule has 34 heavy (non-hydrogen) atoms. The molecule has 2 amide bonds. The van der Waals surface area contributed by atoms with Crippen LogP contribution in [0.1, 0.15) is 37.9 Å². The number of amides is 2. The second-order valence-corrected chi connectivity index (χ2v) is 9.75. The molecule has 0 spiro atoms. The van der Waals surface area contributed by atoms with Crippen molar-refractivity contribution in [1.29, 1.82) is 0 Å². The highest BCUT2D eigenvalue weighted by Crippen LogP contribution is 2.27. The van der Waals surface area contributed by atoms with Crippen LogP contribution in [0.4, 0.5) is 0 Å². The lowest BCUT2D eigenvalue weighted by atomic mass is 10.1. The lowest BCUT2D eigenvalue weighted by Crippen LogP contribution is -2.49. The van der Waals surface area contributed by atoms with Crippen LogP contribution < -0.4 is 10.6 Å². The molecule has 2 aliphatic heterocycles. The lowest BCUT2D eigenvalue weighted by molar-refractivity contribution is -0.139. The zero-order chi connectivity index (χ0) is 24.1. The molecule has 1 aromatic heterocycles. The summed E-state index contributed by atoms with van der Waals surface area (Å²) in [6.07, 6.45) is 1.49. The molecule has 1 aromatic carbocycles. The third kappa shape index (κ3) is 5.71. The molecule has 0 saturated carbocycles. The van der Waals surface area contributed by atoms with Crippen molar-refractivity contribution in [2.75, 3.05) is 26.3 Å². The van der Waals surface area contributed by atoms with Gasteiger partial charge in [0.2, 0.25) is 11.8 Å². The van der Waals surface area contributed by atoms with Crippen molar-refractivity contribution in [3.05, 3.63) is 41.0 Å². The van der Waals surface area contributed by atoms with Crippen molar-refractivity contribution in [3.63, 3.8) is 0 Å². The molecule has 2 aliphatic rings.